The number of carbonyl (C=O) groups is 1. The predicted molar refractivity (Wildman–Crippen MR) is 87.9 cm³/mol. The van der Waals surface area contributed by atoms with Crippen LogP contribution in [0, 0.1) is 0 Å². The van der Waals surface area contributed by atoms with Crippen LogP contribution in [0.2, 0.25) is 5.02 Å². The third-order valence-electron chi connectivity index (χ3n) is 4.31. The third kappa shape index (κ3) is 3.42. The molecule has 1 atom stereocenters. The van der Waals surface area contributed by atoms with Gasteiger partial charge in [-0.1, -0.05) is 11.6 Å². The molecule has 2 heterocycles. The second-order valence-corrected chi connectivity index (χ2v) is 6.89. The van der Waals surface area contributed by atoms with Crippen molar-refractivity contribution >= 4 is 33.4 Å². The number of carbonyl (C=O) groups excluding carboxylic acids is 1. The molecule has 2 aliphatic heterocycles. The van der Waals surface area contributed by atoms with Crippen LogP contribution in [0.25, 0.3) is 0 Å². The highest BCUT2D eigenvalue weighted by Gasteiger charge is 2.28. The van der Waals surface area contributed by atoms with Crippen molar-refractivity contribution in [2.45, 2.75) is 12.5 Å². The Morgan fingerprint density at radius 2 is 2.05 bits per heavy atom. The molecule has 1 amide bonds. The van der Waals surface area contributed by atoms with Gasteiger partial charge in [-0.25, -0.2) is 0 Å². The summed E-state index contributed by atoms with van der Waals surface area (Å²) in [4.78, 5) is 17.0. The van der Waals surface area contributed by atoms with E-state index >= 15 is 0 Å². The topological polar surface area (TPSA) is 35.6 Å². The number of benzene rings is 1. The fourth-order valence-electron chi connectivity index (χ4n) is 3.07. The Kier molecular flexibility index (Phi) is 4.84. The lowest BCUT2D eigenvalue weighted by atomic mass is 10.1. The maximum Gasteiger partial charge on any atom is 0.255 e. The van der Waals surface area contributed by atoms with Crippen LogP contribution in [0.15, 0.2) is 22.7 Å². The molecule has 1 N–H and O–H groups in total. The van der Waals surface area contributed by atoms with Crippen LogP contribution in [0.3, 0.4) is 0 Å². The molecule has 0 aliphatic carbocycles. The van der Waals surface area contributed by atoms with E-state index in [1.807, 2.05) is 11.0 Å². The van der Waals surface area contributed by atoms with Crippen LogP contribution in [-0.4, -0.2) is 61.0 Å². The zero-order chi connectivity index (χ0) is 14.8. The molecule has 2 aliphatic rings. The Morgan fingerprint density at radius 3 is 2.71 bits per heavy atom. The van der Waals surface area contributed by atoms with Gasteiger partial charge in [0.25, 0.3) is 5.91 Å². The molecule has 1 aromatic carbocycles. The number of rotatable bonds is 2. The van der Waals surface area contributed by atoms with Crippen LogP contribution in [0.4, 0.5) is 0 Å². The minimum absolute atomic E-state index is 0.0635. The maximum atomic E-state index is 12.6. The summed E-state index contributed by atoms with van der Waals surface area (Å²) in [5.41, 5.74) is 0.651. The van der Waals surface area contributed by atoms with Gasteiger partial charge in [0.1, 0.15) is 0 Å². The maximum absolute atomic E-state index is 12.6. The molecule has 0 bridgehead atoms. The van der Waals surface area contributed by atoms with E-state index in [1.165, 1.54) is 6.42 Å². The molecule has 114 valence electrons. The van der Waals surface area contributed by atoms with Gasteiger partial charge in [0, 0.05) is 48.3 Å². The van der Waals surface area contributed by atoms with Gasteiger partial charge < -0.3 is 10.2 Å². The summed E-state index contributed by atoms with van der Waals surface area (Å²) in [6, 6.07) is 5.99. The van der Waals surface area contributed by atoms with Gasteiger partial charge in [0.05, 0.1) is 5.56 Å². The number of amides is 1. The van der Waals surface area contributed by atoms with Crippen LogP contribution in [0.1, 0.15) is 16.8 Å². The van der Waals surface area contributed by atoms with Crippen molar-refractivity contribution < 1.29 is 4.79 Å². The highest BCUT2D eigenvalue weighted by Crippen LogP contribution is 2.23. The molecular formula is C15H19BrClN3O. The Balaban J connectivity index is 1.63. The monoisotopic (exact) mass is 371 g/mol. The molecule has 6 heteroatoms. The molecule has 0 radical (unpaired) electrons. The lowest BCUT2D eigenvalue weighted by Crippen LogP contribution is -2.52. The minimum Gasteiger partial charge on any atom is -0.336 e. The van der Waals surface area contributed by atoms with E-state index in [9.17, 15) is 4.79 Å². The van der Waals surface area contributed by atoms with Crippen molar-refractivity contribution in [1.29, 1.82) is 0 Å². The lowest BCUT2D eigenvalue weighted by Gasteiger charge is -2.37. The first kappa shape index (κ1) is 15.3. The molecule has 0 saturated carbocycles. The summed E-state index contributed by atoms with van der Waals surface area (Å²) in [5, 5.41) is 3.99. The zero-order valence-corrected chi connectivity index (χ0v) is 14.2. The molecule has 4 nitrogen and oxygen atoms in total. The van der Waals surface area contributed by atoms with Crippen molar-refractivity contribution in [3.63, 3.8) is 0 Å². The van der Waals surface area contributed by atoms with E-state index in [0.29, 0.717) is 16.6 Å². The van der Waals surface area contributed by atoms with Crippen molar-refractivity contribution in [3.05, 3.63) is 33.3 Å². The first-order valence-corrected chi connectivity index (χ1v) is 8.51. The summed E-state index contributed by atoms with van der Waals surface area (Å²) >= 11 is 9.44. The van der Waals surface area contributed by atoms with Crippen LogP contribution >= 0.6 is 27.5 Å². The van der Waals surface area contributed by atoms with Crippen molar-refractivity contribution in [1.82, 2.24) is 15.1 Å². The molecular weight excluding hydrogens is 354 g/mol. The second kappa shape index (κ2) is 6.65. The van der Waals surface area contributed by atoms with Crippen LogP contribution in [0.5, 0.6) is 0 Å². The minimum atomic E-state index is 0.0635. The zero-order valence-electron chi connectivity index (χ0n) is 11.8. The third-order valence-corrected chi connectivity index (χ3v) is 5.24. The fourth-order valence-corrected chi connectivity index (χ4v) is 3.66. The summed E-state index contributed by atoms with van der Waals surface area (Å²) < 4.78 is 0.805. The summed E-state index contributed by atoms with van der Waals surface area (Å²) in [6.45, 7) is 5.67. The number of halogens is 2. The number of piperazine rings is 1. The van der Waals surface area contributed by atoms with Gasteiger partial charge >= 0.3 is 0 Å². The molecule has 1 unspecified atom stereocenters. The van der Waals surface area contributed by atoms with E-state index in [4.69, 9.17) is 11.6 Å². The Labute approximate surface area is 138 Å². The van der Waals surface area contributed by atoms with Gasteiger partial charge in [-0.05, 0) is 47.1 Å². The Bertz CT molecular complexity index is 526. The largest absolute Gasteiger partial charge is 0.336 e. The van der Waals surface area contributed by atoms with Crippen LogP contribution < -0.4 is 5.32 Å². The molecule has 3 rings (SSSR count). The number of nitrogens with zero attached hydrogens (tertiary/aromatic N) is 2. The second-order valence-electron chi connectivity index (χ2n) is 5.60. The van der Waals surface area contributed by atoms with Gasteiger partial charge in [0.15, 0.2) is 0 Å². The number of hydrogen-bond acceptors (Lipinski definition) is 3. The number of nitrogens with one attached hydrogen (secondary N) is 1. The highest BCUT2D eigenvalue weighted by molar-refractivity contribution is 9.10. The first-order chi connectivity index (χ1) is 10.1. The quantitative estimate of drug-likeness (QED) is 0.865. The first-order valence-electron chi connectivity index (χ1n) is 7.34. The van der Waals surface area contributed by atoms with E-state index in [-0.39, 0.29) is 5.91 Å². The Morgan fingerprint density at radius 1 is 1.29 bits per heavy atom. The van der Waals surface area contributed by atoms with E-state index in [2.05, 4.69) is 26.1 Å². The molecule has 0 spiro atoms. The van der Waals surface area contributed by atoms with E-state index in [1.54, 1.807) is 12.1 Å². The summed E-state index contributed by atoms with van der Waals surface area (Å²) in [6.07, 6.45) is 1.22. The van der Waals surface area contributed by atoms with Crippen molar-refractivity contribution in [3.8, 4) is 0 Å². The van der Waals surface area contributed by atoms with E-state index in [0.717, 1.165) is 43.7 Å². The smallest absolute Gasteiger partial charge is 0.255 e. The Hall–Kier alpha value is -0.620. The van der Waals surface area contributed by atoms with Crippen molar-refractivity contribution in [2.24, 2.45) is 0 Å². The molecule has 21 heavy (non-hydrogen) atoms. The average Bonchev–Trinajstić information content (AvgIpc) is 3.03. The summed E-state index contributed by atoms with van der Waals surface area (Å²) in [5.74, 6) is 0.0635. The SMILES string of the molecule is O=C(c1cc(Cl)ccc1Br)N1CCN(C2CCNC2)CC1. The van der Waals surface area contributed by atoms with Gasteiger partial charge in [0.2, 0.25) is 0 Å². The number of hydrogen-bond donors (Lipinski definition) is 1. The summed E-state index contributed by atoms with van der Waals surface area (Å²) in [7, 11) is 0. The van der Waals surface area contributed by atoms with Gasteiger partial charge in [-0.2, -0.15) is 0 Å². The molecule has 2 fully saturated rings. The lowest BCUT2D eigenvalue weighted by molar-refractivity contribution is 0.0583. The van der Waals surface area contributed by atoms with E-state index < -0.39 is 0 Å². The standard InChI is InChI=1S/C15H19BrClN3O/c16-14-2-1-11(17)9-13(14)15(21)20-7-5-19(6-8-20)12-3-4-18-10-12/h1-2,9,12,18H,3-8,10H2. The normalized spacial score (nSPS) is 23.5. The molecule has 0 aromatic heterocycles. The molecule has 2 saturated heterocycles. The van der Waals surface area contributed by atoms with Crippen LogP contribution in [-0.2, 0) is 0 Å². The van der Waals surface area contributed by atoms with Crippen molar-refractivity contribution in [2.75, 3.05) is 39.3 Å². The van der Waals surface area contributed by atoms with Gasteiger partial charge in [-0.3, -0.25) is 9.69 Å². The molecule has 1 aromatic rings. The highest BCUT2D eigenvalue weighted by atomic mass is 79.9. The predicted octanol–water partition coefficient (Wildman–Crippen LogP) is 2.22. The fraction of sp³-hybridized carbons (Fsp3) is 0.533. The van der Waals surface area contributed by atoms with Gasteiger partial charge in [-0.15, -0.1) is 0 Å². The average molecular weight is 373 g/mol.